The van der Waals surface area contributed by atoms with Crippen molar-refractivity contribution in [2.24, 2.45) is 0 Å². The van der Waals surface area contributed by atoms with Crippen LogP contribution in [-0.4, -0.2) is 34.8 Å². The Balaban J connectivity index is 1.80. The van der Waals surface area contributed by atoms with Gasteiger partial charge < -0.3 is 19.1 Å². The lowest BCUT2D eigenvalue weighted by Gasteiger charge is -2.14. The lowest BCUT2D eigenvalue weighted by atomic mass is 10.1. The Morgan fingerprint density at radius 3 is 2.18 bits per heavy atom. The lowest BCUT2D eigenvalue weighted by Crippen LogP contribution is -2.24. The Morgan fingerprint density at radius 2 is 1.55 bits per heavy atom. The third-order valence-corrected chi connectivity index (χ3v) is 5.51. The van der Waals surface area contributed by atoms with E-state index in [2.05, 4.69) is 4.98 Å². The van der Waals surface area contributed by atoms with E-state index in [1.807, 2.05) is 66.7 Å². The Morgan fingerprint density at radius 1 is 0.909 bits per heavy atom. The van der Waals surface area contributed by atoms with Gasteiger partial charge in [-0.1, -0.05) is 36.4 Å². The van der Waals surface area contributed by atoms with Gasteiger partial charge in [0.1, 0.15) is 17.2 Å². The number of fused-ring (bicyclic) bond motifs is 1. The summed E-state index contributed by atoms with van der Waals surface area (Å²) >= 11 is 0. The molecule has 0 aliphatic carbocycles. The van der Waals surface area contributed by atoms with Crippen molar-refractivity contribution in [3.8, 4) is 22.8 Å². The second kappa shape index (κ2) is 9.56. The second-order valence-corrected chi connectivity index (χ2v) is 7.65. The SMILES string of the molecule is COc1ccc(Cn2c(=O)c(-c3ccc(CCC(=O)O)cc3)nc3ccc(OC)cc32)cc1. The number of aliphatic carboxylic acids is 1. The van der Waals surface area contributed by atoms with Crippen molar-refractivity contribution in [3.63, 3.8) is 0 Å². The Hall–Kier alpha value is -4.13. The molecule has 0 saturated heterocycles. The number of carboxylic acid groups (broad SMARTS) is 1. The maximum absolute atomic E-state index is 13.6. The molecule has 33 heavy (non-hydrogen) atoms. The van der Waals surface area contributed by atoms with Gasteiger partial charge in [-0.15, -0.1) is 0 Å². The highest BCUT2D eigenvalue weighted by Crippen LogP contribution is 2.23. The van der Waals surface area contributed by atoms with Crippen molar-refractivity contribution in [2.75, 3.05) is 14.2 Å². The third kappa shape index (κ3) is 4.87. The molecule has 0 aliphatic rings. The number of ether oxygens (including phenoxy) is 2. The molecular weight excluding hydrogens is 420 g/mol. The topological polar surface area (TPSA) is 90.7 Å². The number of rotatable bonds is 8. The molecule has 4 aromatic rings. The number of carboxylic acids is 1. The predicted molar refractivity (Wildman–Crippen MR) is 126 cm³/mol. The van der Waals surface area contributed by atoms with Gasteiger partial charge in [-0.25, -0.2) is 4.98 Å². The van der Waals surface area contributed by atoms with Gasteiger partial charge in [-0.3, -0.25) is 9.59 Å². The van der Waals surface area contributed by atoms with Crippen molar-refractivity contribution < 1.29 is 19.4 Å². The van der Waals surface area contributed by atoms with Gasteiger partial charge in [-0.05, 0) is 41.8 Å². The van der Waals surface area contributed by atoms with Gasteiger partial charge >= 0.3 is 5.97 Å². The van der Waals surface area contributed by atoms with E-state index in [9.17, 15) is 9.59 Å². The molecule has 7 heteroatoms. The van der Waals surface area contributed by atoms with Crippen LogP contribution < -0.4 is 15.0 Å². The zero-order valence-corrected chi connectivity index (χ0v) is 18.4. The molecule has 0 spiro atoms. The molecule has 1 heterocycles. The van der Waals surface area contributed by atoms with E-state index in [4.69, 9.17) is 14.6 Å². The molecule has 168 valence electrons. The first-order valence-electron chi connectivity index (χ1n) is 10.5. The Kier molecular flexibility index (Phi) is 6.40. The van der Waals surface area contributed by atoms with Gasteiger partial charge in [0.15, 0.2) is 0 Å². The molecule has 0 saturated carbocycles. The van der Waals surface area contributed by atoms with Crippen LogP contribution in [0.4, 0.5) is 0 Å². The van der Waals surface area contributed by atoms with Crippen LogP contribution in [0.5, 0.6) is 11.5 Å². The van der Waals surface area contributed by atoms with Gasteiger partial charge in [-0.2, -0.15) is 0 Å². The Bertz CT molecular complexity index is 1340. The smallest absolute Gasteiger partial charge is 0.303 e. The van der Waals surface area contributed by atoms with Crippen molar-refractivity contribution in [2.45, 2.75) is 19.4 Å². The summed E-state index contributed by atoms with van der Waals surface area (Å²) in [6.07, 6.45) is 0.492. The zero-order chi connectivity index (χ0) is 23.4. The molecule has 7 nitrogen and oxygen atoms in total. The van der Waals surface area contributed by atoms with E-state index in [0.29, 0.717) is 41.0 Å². The highest BCUT2D eigenvalue weighted by Gasteiger charge is 2.14. The van der Waals surface area contributed by atoms with Crippen molar-refractivity contribution in [3.05, 3.63) is 88.2 Å². The van der Waals surface area contributed by atoms with E-state index < -0.39 is 5.97 Å². The largest absolute Gasteiger partial charge is 0.497 e. The minimum absolute atomic E-state index is 0.0596. The number of methoxy groups -OCH3 is 2. The van der Waals surface area contributed by atoms with Crippen LogP contribution in [0.15, 0.2) is 71.5 Å². The van der Waals surface area contributed by atoms with Crippen molar-refractivity contribution in [1.29, 1.82) is 0 Å². The van der Waals surface area contributed by atoms with Gasteiger partial charge in [0, 0.05) is 18.1 Å². The molecular formula is C26H24N2O5. The van der Waals surface area contributed by atoms with Gasteiger partial charge in [0.05, 0.1) is 31.8 Å². The standard InChI is InChI=1S/C26H24N2O5/c1-32-20-10-5-18(6-11-20)16-28-23-15-21(33-2)12-13-22(23)27-25(26(28)31)19-8-3-17(4-9-19)7-14-24(29)30/h3-6,8-13,15H,7,14,16H2,1-2H3,(H,29,30). The number of aryl methyl sites for hydroxylation is 1. The molecule has 4 rings (SSSR count). The molecule has 1 aromatic heterocycles. The fraction of sp³-hybridized carbons (Fsp3) is 0.192. The van der Waals surface area contributed by atoms with Gasteiger partial charge in [0.2, 0.25) is 0 Å². The second-order valence-electron chi connectivity index (χ2n) is 7.65. The maximum atomic E-state index is 13.6. The number of carbonyl (C=O) groups is 1. The van der Waals surface area contributed by atoms with Crippen molar-refractivity contribution in [1.82, 2.24) is 9.55 Å². The van der Waals surface area contributed by atoms with Crippen LogP contribution in [0.2, 0.25) is 0 Å². The van der Waals surface area contributed by atoms with Crippen LogP contribution in [-0.2, 0) is 17.8 Å². The minimum atomic E-state index is -0.841. The molecule has 0 aliphatic heterocycles. The molecule has 0 amide bonds. The summed E-state index contributed by atoms with van der Waals surface area (Å²) in [4.78, 5) is 29.0. The molecule has 0 bridgehead atoms. The first-order valence-corrected chi connectivity index (χ1v) is 10.5. The molecule has 1 N–H and O–H groups in total. The molecule has 3 aromatic carbocycles. The minimum Gasteiger partial charge on any atom is -0.497 e. The summed E-state index contributed by atoms with van der Waals surface area (Å²) in [6, 6.07) is 20.3. The molecule has 0 fully saturated rings. The monoisotopic (exact) mass is 444 g/mol. The summed E-state index contributed by atoms with van der Waals surface area (Å²) in [5, 5.41) is 8.89. The summed E-state index contributed by atoms with van der Waals surface area (Å²) in [5.41, 5.74) is 4.00. The summed E-state index contributed by atoms with van der Waals surface area (Å²) in [6.45, 7) is 0.360. The maximum Gasteiger partial charge on any atom is 0.303 e. The number of nitrogens with zero attached hydrogens (tertiary/aromatic N) is 2. The van der Waals surface area contributed by atoms with Crippen LogP contribution in [0.3, 0.4) is 0 Å². The fourth-order valence-corrected chi connectivity index (χ4v) is 3.69. The number of benzene rings is 3. The summed E-state index contributed by atoms with van der Waals surface area (Å²) in [7, 11) is 3.20. The average Bonchev–Trinajstić information content (AvgIpc) is 2.84. The molecule has 0 unspecified atom stereocenters. The summed E-state index contributed by atoms with van der Waals surface area (Å²) < 4.78 is 12.3. The quantitative estimate of drug-likeness (QED) is 0.439. The van der Waals surface area contributed by atoms with Crippen LogP contribution in [0.1, 0.15) is 17.5 Å². The number of hydrogen-bond acceptors (Lipinski definition) is 5. The van der Waals surface area contributed by atoms with Crippen LogP contribution >= 0.6 is 0 Å². The first-order chi connectivity index (χ1) is 16.0. The van der Waals surface area contributed by atoms with E-state index in [-0.39, 0.29) is 12.0 Å². The Labute approximate surface area is 190 Å². The van der Waals surface area contributed by atoms with E-state index in [1.165, 1.54) is 0 Å². The van der Waals surface area contributed by atoms with E-state index in [1.54, 1.807) is 18.8 Å². The highest BCUT2D eigenvalue weighted by molar-refractivity contribution is 5.79. The summed E-state index contributed by atoms with van der Waals surface area (Å²) in [5.74, 6) is 0.547. The molecule has 0 radical (unpaired) electrons. The van der Waals surface area contributed by atoms with Crippen molar-refractivity contribution >= 4 is 17.0 Å². The van der Waals surface area contributed by atoms with Crippen LogP contribution in [0, 0.1) is 0 Å². The van der Waals surface area contributed by atoms with Crippen LogP contribution in [0.25, 0.3) is 22.3 Å². The predicted octanol–water partition coefficient (Wildman–Crippen LogP) is 4.15. The van der Waals surface area contributed by atoms with Gasteiger partial charge in [0.25, 0.3) is 5.56 Å². The third-order valence-electron chi connectivity index (χ3n) is 5.51. The first kappa shape index (κ1) is 22.1. The number of hydrogen-bond donors (Lipinski definition) is 1. The fourth-order valence-electron chi connectivity index (χ4n) is 3.69. The van der Waals surface area contributed by atoms with E-state index in [0.717, 1.165) is 16.9 Å². The molecule has 0 atom stereocenters. The lowest BCUT2D eigenvalue weighted by molar-refractivity contribution is -0.136. The zero-order valence-electron chi connectivity index (χ0n) is 18.4. The normalized spacial score (nSPS) is 10.8. The van der Waals surface area contributed by atoms with E-state index >= 15 is 0 Å². The highest BCUT2D eigenvalue weighted by atomic mass is 16.5. The average molecular weight is 444 g/mol. The number of aromatic nitrogens is 2.